The molecule has 2 aliphatic carbocycles. The number of oxazole rings is 1. The molecule has 0 aromatic carbocycles. The van der Waals surface area contributed by atoms with E-state index in [0.29, 0.717) is 30.2 Å². The van der Waals surface area contributed by atoms with E-state index < -0.39 is 0 Å². The summed E-state index contributed by atoms with van der Waals surface area (Å²) in [6, 6.07) is -0.164. The molecule has 0 bridgehead atoms. The van der Waals surface area contributed by atoms with Crippen molar-refractivity contribution in [3.05, 3.63) is 35.8 Å². The van der Waals surface area contributed by atoms with Gasteiger partial charge in [0.2, 0.25) is 0 Å². The van der Waals surface area contributed by atoms with Gasteiger partial charge in [-0.1, -0.05) is 0 Å². The molecule has 1 atom stereocenters. The summed E-state index contributed by atoms with van der Waals surface area (Å²) in [5.74, 6) is 1.03. The number of aliphatic hydroxyl groups is 1. The van der Waals surface area contributed by atoms with Gasteiger partial charge in [-0.25, -0.2) is 4.98 Å². The molecule has 2 aliphatic rings. The van der Waals surface area contributed by atoms with Crippen molar-refractivity contribution in [2.75, 3.05) is 0 Å². The van der Waals surface area contributed by atoms with E-state index in [1.165, 1.54) is 6.39 Å². The second-order valence-corrected chi connectivity index (χ2v) is 6.62. The molecule has 0 aliphatic heterocycles. The number of hydrogen-bond acceptors (Lipinski definition) is 5. The van der Waals surface area contributed by atoms with Crippen LogP contribution in [0.25, 0.3) is 0 Å². The third-order valence-electron chi connectivity index (χ3n) is 4.75. The van der Waals surface area contributed by atoms with Crippen LogP contribution in [0.5, 0.6) is 0 Å². The van der Waals surface area contributed by atoms with Gasteiger partial charge in [0, 0.05) is 24.7 Å². The van der Waals surface area contributed by atoms with Crippen molar-refractivity contribution < 1.29 is 14.3 Å². The maximum Gasteiger partial charge on any atom is 0.274 e. The average molecular weight is 316 g/mol. The van der Waals surface area contributed by atoms with Gasteiger partial charge >= 0.3 is 0 Å². The van der Waals surface area contributed by atoms with Crippen molar-refractivity contribution in [1.82, 2.24) is 20.1 Å². The number of carbonyl (C=O) groups excluding carboxylic acids is 1. The van der Waals surface area contributed by atoms with Gasteiger partial charge in [-0.3, -0.25) is 9.48 Å². The number of amides is 1. The summed E-state index contributed by atoms with van der Waals surface area (Å²) >= 11 is 0. The zero-order valence-electron chi connectivity index (χ0n) is 13.0. The molecule has 23 heavy (non-hydrogen) atoms. The zero-order valence-corrected chi connectivity index (χ0v) is 13.0. The maximum atomic E-state index is 12.7. The van der Waals surface area contributed by atoms with E-state index in [1.807, 2.05) is 13.2 Å². The predicted molar refractivity (Wildman–Crippen MR) is 80.6 cm³/mol. The van der Waals surface area contributed by atoms with Gasteiger partial charge in [0.15, 0.2) is 12.1 Å². The van der Waals surface area contributed by atoms with E-state index in [0.717, 1.165) is 18.4 Å². The summed E-state index contributed by atoms with van der Waals surface area (Å²) in [5, 5.41) is 16.9. The van der Waals surface area contributed by atoms with Crippen LogP contribution >= 0.6 is 0 Å². The Balaban J connectivity index is 1.54. The minimum absolute atomic E-state index is 0.164. The SMILES string of the molecule is Cn1cc([C@H](NC(=O)c2ncoc2C2CC2)C2CC(O)C2)cn1. The molecule has 1 amide bonds. The molecule has 0 unspecified atom stereocenters. The summed E-state index contributed by atoms with van der Waals surface area (Å²) in [7, 11) is 1.85. The molecule has 122 valence electrons. The van der Waals surface area contributed by atoms with Crippen LogP contribution in [-0.2, 0) is 7.05 Å². The van der Waals surface area contributed by atoms with Gasteiger partial charge < -0.3 is 14.8 Å². The smallest absolute Gasteiger partial charge is 0.274 e. The van der Waals surface area contributed by atoms with Gasteiger partial charge in [-0.05, 0) is 31.6 Å². The quantitative estimate of drug-likeness (QED) is 0.872. The topological polar surface area (TPSA) is 93.2 Å². The number of nitrogens with one attached hydrogen (secondary N) is 1. The summed E-state index contributed by atoms with van der Waals surface area (Å²) in [4.78, 5) is 16.8. The first-order valence-corrected chi connectivity index (χ1v) is 8.02. The third-order valence-corrected chi connectivity index (χ3v) is 4.75. The molecular formula is C16H20N4O3. The highest BCUT2D eigenvalue weighted by atomic mass is 16.3. The lowest BCUT2D eigenvalue weighted by Crippen LogP contribution is -2.41. The highest BCUT2D eigenvalue weighted by Crippen LogP contribution is 2.42. The molecule has 2 heterocycles. The van der Waals surface area contributed by atoms with Crippen LogP contribution in [0.15, 0.2) is 23.2 Å². The van der Waals surface area contributed by atoms with Crippen molar-refractivity contribution >= 4 is 5.91 Å². The first-order chi connectivity index (χ1) is 11.1. The fourth-order valence-electron chi connectivity index (χ4n) is 3.25. The third kappa shape index (κ3) is 2.76. The molecule has 2 N–H and O–H groups in total. The highest BCUT2D eigenvalue weighted by molar-refractivity contribution is 5.93. The second kappa shape index (κ2) is 5.49. The number of aromatic nitrogens is 3. The van der Waals surface area contributed by atoms with Crippen LogP contribution in [-0.4, -0.2) is 31.9 Å². The molecule has 2 aromatic heterocycles. The standard InChI is InChI=1S/C16H20N4O3/c1-20-7-11(6-18-20)13(10-4-12(21)5-10)19-16(22)14-15(9-2-3-9)23-8-17-14/h6-10,12-13,21H,2-5H2,1H3,(H,19,22)/t10?,12?,13-/m1/s1. The molecule has 4 rings (SSSR count). The molecular weight excluding hydrogens is 296 g/mol. The second-order valence-electron chi connectivity index (χ2n) is 6.62. The first-order valence-electron chi connectivity index (χ1n) is 8.02. The van der Waals surface area contributed by atoms with Crippen molar-refractivity contribution in [2.24, 2.45) is 13.0 Å². The monoisotopic (exact) mass is 316 g/mol. The van der Waals surface area contributed by atoms with Crippen molar-refractivity contribution in [1.29, 1.82) is 0 Å². The molecule has 0 saturated heterocycles. The fourth-order valence-corrected chi connectivity index (χ4v) is 3.25. The summed E-state index contributed by atoms with van der Waals surface area (Å²) < 4.78 is 7.11. The Labute approximate surface area is 133 Å². The molecule has 2 aromatic rings. The van der Waals surface area contributed by atoms with Gasteiger partial charge in [0.05, 0.1) is 18.3 Å². The van der Waals surface area contributed by atoms with E-state index in [4.69, 9.17) is 4.42 Å². The number of aliphatic hydroxyl groups excluding tert-OH is 1. The Morgan fingerprint density at radius 3 is 2.87 bits per heavy atom. The molecule has 7 nitrogen and oxygen atoms in total. The molecule has 0 spiro atoms. The Hall–Kier alpha value is -2.15. The number of rotatable bonds is 5. The molecule has 2 fully saturated rings. The Bertz CT molecular complexity index is 712. The first kappa shape index (κ1) is 14.4. The summed E-state index contributed by atoms with van der Waals surface area (Å²) in [6.45, 7) is 0. The van der Waals surface area contributed by atoms with Crippen molar-refractivity contribution in [3.8, 4) is 0 Å². The van der Waals surface area contributed by atoms with Gasteiger partial charge in [-0.15, -0.1) is 0 Å². The number of hydrogen-bond donors (Lipinski definition) is 2. The number of nitrogens with zero attached hydrogens (tertiary/aromatic N) is 3. The summed E-state index contributed by atoms with van der Waals surface area (Å²) in [6.07, 6.45) is 8.22. The summed E-state index contributed by atoms with van der Waals surface area (Å²) in [5.41, 5.74) is 1.34. The van der Waals surface area contributed by atoms with Crippen LogP contribution in [0.1, 0.15) is 59.5 Å². The van der Waals surface area contributed by atoms with Crippen LogP contribution < -0.4 is 5.32 Å². The van der Waals surface area contributed by atoms with E-state index in [-0.39, 0.29) is 24.0 Å². The van der Waals surface area contributed by atoms with Crippen molar-refractivity contribution in [3.63, 3.8) is 0 Å². The minimum Gasteiger partial charge on any atom is -0.447 e. The molecule has 7 heteroatoms. The predicted octanol–water partition coefficient (Wildman–Crippen LogP) is 1.53. The Kier molecular flexibility index (Phi) is 3.45. The van der Waals surface area contributed by atoms with Gasteiger partial charge in [0.25, 0.3) is 5.91 Å². The normalized spacial score (nSPS) is 25.0. The highest BCUT2D eigenvalue weighted by Gasteiger charge is 2.38. The van der Waals surface area contributed by atoms with Crippen LogP contribution in [0.2, 0.25) is 0 Å². The number of carbonyl (C=O) groups is 1. The molecule has 2 saturated carbocycles. The van der Waals surface area contributed by atoms with E-state index in [1.54, 1.807) is 10.9 Å². The fraction of sp³-hybridized carbons (Fsp3) is 0.562. The maximum absolute atomic E-state index is 12.7. The van der Waals surface area contributed by atoms with E-state index >= 15 is 0 Å². The lowest BCUT2D eigenvalue weighted by Gasteiger charge is -2.37. The van der Waals surface area contributed by atoms with E-state index in [2.05, 4.69) is 15.4 Å². The lowest BCUT2D eigenvalue weighted by atomic mass is 9.75. The van der Waals surface area contributed by atoms with E-state index in [9.17, 15) is 9.90 Å². The van der Waals surface area contributed by atoms with Crippen LogP contribution in [0.4, 0.5) is 0 Å². The van der Waals surface area contributed by atoms with Crippen LogP contribution in [0, 0.1) is 5.92 Å². The Morgan fingerprint density at radius 1 is 1.48 bits per heavy atom. The average Bonchev–Trinajstić information content (AvgIpc) is 3.05. The lowest BCUT2D eigenvalue weighted by molar-refractivity contribution is 0.0234. The molecule has 0 radical (unpaired) electrons. The van der Waals surface area contributed by atoms with Crippen LogP contribution in [0.3, 0.4) is 0 Å². The minimum atomic E-state index is -0.273. The Morgan fingerprint density at radius 2 is 2.26 bits per heavy atom. The van der Waals surface area contributed by atoms with Gasteiger partial charge in [-0.2, -0.15) is 5.10 Å². The largest absolute Gasteiger partial charge is 0.447 e. The van der Waals surface area contributed by atoms with Crippen molar-refractivity contribution in [2.45, 2.75) is 43.7 Å². The van der Waals surface area contributed by atoms with Gasteiger partial charge in [0.1, 0.15) is 5.76 Å². The zero-order chi connectivity index (χ0) is 16.0. The number of aryl methyl sites for hydroxylation is 1.